The van der Waals surface area contributed by atoms with Crippen LogP contribution >= 0.6 is 11.3 Å². The van der Waals surface area contributed by atoms with Crippen LogP contribution in [0.4, 0.5) is 0 Å². The van der Waals surface area contributed by atoms with E-state index in [0.717, 1.165) is 22.2 Å². The fourth-order valence-electron chi connectivity index (χ4n) is 2.57. The number of hydrogen-bond acceptors (Lipinski definition) is 7. The van der Waals surface area contributed by atoms with Crippen LogP contribution in [0.5, 0.6) is 0 Å². The highest BCUT2D eigenvalue weighted by atomic mass is 32.2. The zero-order chi connectivity index (χ0) is 18.2. The van der Waals surface area contributed by atoms with Crippen molar-refractivity contribution in [2.24, 2.45) is 0 Å². The van der Waals surface area contributed by atoms with Crippen LogP contribution in [-0.4, -0.2) is 34.9 Å². The highest BCUT2D eigenvalue weighted by Crippen LogP contribution is 2.19. The van der Waals surface area contributed by atoms with Gasteiger partial charge in [-0.2, -0.15) is 5.10 Å². The van der Waals surface area contributed by atoms with Crippen molar-refractivity contribution in [2.45, 2.75) is 39.0 Å². The van der Waals surface area contributed by atoms with Crippen molar-refractivity contribution in [3.05, 3.63) is 40.0 Å². The summed E-state index contributed by atoms with van der Waals surface area (Å²) in [6, 6.07) is 1.98. The zero-order valence-electron chi connectivity index (χ0n) is 14.4. The van der Waals surface area contributed by atoms with Gasteiger partial charge in [0.05, 0.1) is 11.4 Å². The summed E-state index contributed by atoms with van der Waals surface area (Å²) in [6.45, 7) is 7.33. The number of aromatic nitrogens is 4. The van der Waals surface area contributed by atoms with Crippen LogP contribution in [0.1, 0.15) is 28.5 Å². The van der Waals surface area contributed by atoms with E-state index >= 15 is 0 Å². The number of rotatable bonds is 6. The van der Waals surface area contributed by atoms with Gasteiger partial charge in [0.1, 0.15) is 10.6 Å². The van der Waals surface area contributed by atoms with Crippen LogP contribution in [0.3, 0.4) is 0 Å². The lowest BCUT2D eigenvalue weighted by atomic mass is 10.3. The molecule has 1 N–H and O–H groups in total. The lowest BCUT2D eigenvalue weighted by Gasteiger charge is -2.05. The Morgan fingerprint density at radius 1 is 1.28 bits per heavy atom. The van der Waals surface area contributed by atoms with E-state index in [-0.39, 0.29) is 17.2 Å². The Balaban J connectivity index is 1.66. The van der Waals surface area contributed by atoms with Gasteiger partial charge in [0, 0.05) is 24.0 Å². The molecular weight excluding hydrogens is 362 g/mol. The summed E-state index contributed by atoms with van der Waals surface area (Å²) in [5.74, 6) is 0.283. The number of nitrogens with one attached hydrogen (secondary N) is 1. The van der Waals surface area contributed by atoms with Crippen molar-refractivity contribution in [1.29, 1.82) is 0 Å². The molecular formula is C15H19N5O3S2. The van der Waals surface area contributed by atoms with E-state index < -0.39 is 10.0 Å². The third kappa shape index (κ3) is 3.65. The maximum atomic E-state index is 12.4. The van der Waals surface area contributed by atoms with E-state index in [1.807, 2.05) is 25.3 Å². The van der Waals surface area contributed by atoms with Gasteiger partial charge in [0.15, 0.2) is 5.76 Å². The monoisotopic (exact) mass is 381 g/mol. The average molecular weight is 381 g/mol. The maximum absolute atomic E-state index is 12.4. The van der Waals surface area contributed by atoms with E-state index in [0.29, 0.717) is 12.1 Å². The Bertz CT molecular complexity index is 981. The molecule has 3 aromatic heterocycles. The molecule has 0 amide bonds. The lowest BCUT2D eigenvalue weighted by molar-refractivity contribution is 0.390. The molecule has 0 spiro atoms. The Morgan fingerprint density at radius 2 is 2.04 bits per heavy atom. The molecule has 0 saturated heterocycles. The Morgan fingerprint density at radius 3 is 2.64 bits per heavy atom. The van der Waals surface area contributed by atoms with E-state index in [1.54, 1.807) is 18.5 Å². The standard InChI is InChI=1S/C15H19N5O3S2/c1-9-7-10(2)20(18-9)15-17-13(8-24-15)5-6-16-25(21,22)14-11(3)19-23-12(14)4/h7-8,16H,5-6H2,1-4H3. The van der Waals surface area contributed by atoms with Crippen LogP contribution in [0.25, 0.3) is 5.13 Å². The van der Waals surface area contributed by atoms with Crippen LogP contribution in [0.2, 0.25) is 0 Å². The number of aryl methyl sites for hydroxylation is 4. The van der Waals surface area contributed by atoms with Gasteiger partial charge in [-0.1, -0.05) is 5.16 Å². The fraction of sp³-hybridized carbons (Fsp3) is 0.400. The minimum absolute atomic E-state index is 0.106. The van der Waals surface area contributed by atoms with Gasteiger partial charge < -0.3 is 4.52 Å². The first-order valence-electron chi connectivity index (χ1n) is 7.68. The van der Waals surface area contributed by atoms with Crippen LogP contribution in [0, 0.1) is 27.7 Å². The van der Waals surface area contributed by atoms with E-state index in [2.05, 4.69) is 20.0 Å². The molecule has 8 nitrogen and oxygen atoms in total. The molecule has 0 aliphatic rings. The van der Waals surface area contributed by atoms with Crippen molar-refractivity contribution in [3.63, 3.8) is 0 Å². The molecule has 134 valence electrons. The predicted molar refractivity (Wildman–Crippen MR) is 93.6 cm³/mol. The summed E-state index contributed by atoms with van der Waals surface area (Å²) >= 11 is 1.48. The molecule has 0 atom stereocenters. The Kier molecular flexibility index (Phi) is 4.76. The van der Waals surface area contributed by atoms with Gasteiger partial charge >= 0.3 is 0 Å². The summed E-state index contributed by atoms with van der Waals surface area (Å²) in [5, 5.41) is 10.8. The first kappa shape index (κ1) is 17.8. The minimum atomic E-state index is -3.65. The van der Waals surface area contributed by atoms with Crippen molar-refractivity contribution in [2.75, 3.05) is 6.54 Å². The van der Waals surface area contributed by atoms with Gasteiger partial charge in [-0.05, 0) is 33.8 Å². The molecule has 0 aromatic carbocycles. The zero-order valence-corrected chi connectivity index (χ0v) is 16.0. The molecule has 3 heterocycles. The lowest BCUT2D eigenvalue weighted by Crippen LogP contribution is -2.26. The van der Waals surface area contributed by atoms with Crippen molar-refractivity contribution >= 4 is 21.4 Å². The Hall–Kier alpha value is -2.04. The molecule has 3 aromatic rings. The SMILES string of the molecule is Cc1cc(C)n(-c2nc(CCNS(=O)(=O)c3c(C)noc3C)cs2)n1. The molecule has 0 unspecified atom stereocenters. The summed E-state index contributed by atoms with van der Waals surface area (Å²) < 4.78 is 34.0. The normalized spacial score (nSPS) is 12.0. The molecule has 0 radical (unpaired) electrons. The average Bonchev–Trinajstić information content (AvgIpc) is 3.19. The predicted octanol–water partition coefficient (Wildman–Crippen LogP) is 2.07. The second-order valence-corrected chi connectivity index (χ2v) is 8.30. The quantitative estimate of drug-likeness (QED) is 0.701. The van der Waals surface area contributed by atoms with Crippen LogP contribution in [-0.2, 0) is 16.4 Å². The number of sulfonamides is 1. The van der Waals surface area contributed by atoms with E-state index in [9.17, 15) is 8.42 Å². The highest BCUT2D eigenvalue weighted by molar-refractivity contribution is 7.89. The van der Waals surface area contributed by atoms with E-state index in [1.165, 1.54) is 11.3 Å². The molecule has 0 bridgehead atoms. The first-order valence-corrected chi connectivity index (χ1v) is 10.0. The highest BCUT2D eigenvalue weighted by Gasteiger charge is 2.23. The summed E-state index contributed by atoms with van der Waals surface area (Å²) in [6.07, 6.45) is 0.485. The second-order valence-electron chi connectivity index (χ2n) is 5.76. The first-order chi connectivity index (χ1) is 11.8. The summed E-state index contributed by atoms with van der Waals surface area (Å²) in [7, 11) is -3.65. The maximum Gasteiger partial charge on any atom is 0.245 e. The number of hydrogen-bond donors (Lipinski definition) is 1. The smallest absolute Gasteiger partial charge is 0.245 e. The molecule has 0 aliphatic heterocycles. The molecule has 3 rings (SSSR count). The Labute approximate surface area is 149 Å². The number of thiazole rings is 1. The topological polar surface area (TPSA) is 103 Å². The molecule has 0 saturated carbocycles. The number of nitrogens with zero attached hydrogens (tertiary/aromatic N) is 4. The minimum Gasteiger partial charge on any atom is -0.360 e. The van der Waals surface area contributed by atoms with Crippen molar-refractivity contribution < 1.29 is 12.9 Å². The third-order valence-corrected chi connectivity index (χ3v) is 6.21. The van der Waals surface area contributed by atoms with Crippen molar-refractivity contribution in [3.8, 4) is 5.13 Å². The second kappa shape index (κ2) is 6.70. The summed E-state index contributed by atoms with van der Waals surface area (Å²) in [5.41, 5.74) is 3.11. The largest absolute Gasteiger partial charge is 0.360 e. The van der Waals surface area contributed by atoms with Gasteiger partial charge in [-0.3, -0.25) is 0 Å². The molecule has 25 heavy (non-hydrogen) atoms. The van der Waals surface area contributed by atoms with Gasteiger partial charge in [-0.25, -0.2) is 22.8 Å². The molecule has 0 aliphatic carbocycles. The van der Waals surface area contributed by atoms with Crippen LogP contribution in [0.15, 0.2) is 20.9 Å². The fourth-order valence-corrected chi connectivity index (χ4v) is 4.80. The third-order valence-electron chi connectivity index (χ3n) is 3.64. The van der Waals surface area contributed by atoms with Gasteiger partial charge in [0.2, 0.25) is 15.2 Å². The van der Waals surface area contributed by atoms with E-state index in [4.69, 9.17) is 4.52 Å². The van der Waals surface area contributed by atoms with Crippen LogP contribution < -0.4 is 4.72 Å². The molecule has 10 heteroatoms. The van der Waals surface area contributed by atoms with Crippen molar-refractivity contribution in [1.82, 2.24) is 24.6 Å². The summed E-state index contributed by atoms with van der Waals surface area (Å²) in [4.78, 5) is 4.63. The molecule has 0 fully saturated rings. The van der Waals surface area contributed by atoms with Gasteiger partial charge in [-0.15, -0.1) is 11.3 Å². The van der Waals surface area contributed by atoms with Gasteiger partial charge in [0.25, 0.3) is 0 Å².